The molecule has 0 bridgehead atoms. The summed E-state index contributed by atoms with van der Waals surface area (Å²) in [6, 6.07) is 17.7. The minimum Gasteiger partial charge on any atom is -0.461 e. The first-order chi connectivity index (χ1) is 15.3. The molecule has 0 aliphatic rings. The summed E-state index contributed by atoms with van der Waals surface area (Å²) in [5.74, 6) is -0.883. The maximum Gasteiger partial charge on any atom is 0.355 e. The Hall–Kier alpha value is -3.23. The van der Waals surface area contributed by atoms with Crippen molar-refractivity contribution in [2.45, 2.75) is 20.0 Å². The van der Waals surface area contributed by atoms with Crippen molar-refractivity contribution in [3.8, 4) is 0 Å². The van der Waals surface area contributed by atoms with E-state index in [2.05, 4.69) is 4.72 Å². The van der Waals surface area contributed by atoms with Gasteiger partial charge < -0.3 is 9.30 Å². The number of hydrogen-bond donors (Lipinski definition) is 1. The molecule has 0 unspecified atom stereocenters. The molecule has 0 amide bonds. The van der Waals surface area contributed by atoms with Crippen LogP contribution in [0, 0.1) is 5.82 Å². The molecule has 3 aromatic carbocycles. The predicted molar refractivity (Wildman–Crippen MR) is 123 cm³/mol. The predicted octanol–water partition coefficient (Wildman–Crippen LogP) is 4.21. The Bertz CT molecular complexity index is 1430. The summed E-state index contributed by atoms with van der Waals surface area (Å²) in [6.45, 7) is 2.13. The first-order valence-electron chi connectivity index (χ1n) is 10.2. The number of para-hydroxylation sites is 1. The minimum atomic E-state index is -3.48. The van der Waals surface area contributed by atoms with Crippen molar-refractivity contribution in [1.29, 1.82) is 0 Å². The van der Waals surface area contributed by atoms with Crippen LogP contribution in [0.15, 0.2) is 60.7 Å². The van der Waals surface area contributed by atoms with Crippen LogP contribution in [-0.2, 0) is 27.8 Å². The summed E-state index contributed by atoms with van der Waals surface area (Å²) in [7, 11) is -3.48. The molecule has 1 N–H and O–H groups in total. The second-order valence-electron chi connectivity index (χ2n) is 7.53. The number of fused-ring (bicyclic) bond motifs is 2. The lowest BCUT2D eigenvalue weighted by molar-refractivity contribution is 0.0513. The average Bonchev–Trinajstić information content (AvgIpc) is 3.06. The zero-order valence-corrected chi connectivity index (χ0v) is 18.6. The van der Waals surface area contributed by atoms with Crippen LogP contribution in [-0.4, -0.2) is 31.8 Å². The van der Waals surface area contributed by atoms with E-state index in [0.717, 1.165) is 33.5 Å². The number of sulfonamides is 1. The van der Waals surface area contributed by atoms with Crippen LogP contribution in [0.3, 0.4) is 0 Å². The first kappa shape index (κ1) is 22.0. The van der Waals surface area contributed by atoms with Crippen LogP contribution in [0.2, 0.25) is 0 Å². The SMILES string of the molecule is CCOC(=O)c1c(CNS(C)(=O)=O)c2ccccc2n1Cc1cccc2ccc(F)cc12. The van der Waals surface area contributed by atoms with Gasteiger partial charge in [-0.05, 0) is 41.5 Å². The van der Waals surface area contributed by atoms with E-state index in [1.54, 1.807) is 13.0 Å². The third-order valence-electron chi connectivity index (χ3n) is 5.32. The Morgan fingerprint density at radius 3 is 2.59 bits per heavy atom. The van der Waals surface area contributed by atoms with Gasteiger partial charge in [0, 0.05) is 29.6 Å². The van der Waals surface area contributed by atoms with Gasteiger partial charge in [-0.3, -0.25) is 0 Å². The van der Waals surface area contributed by atoms with Crippen molar-refractivity contribution in [2.24, 2.45) is 0 Å². The van der Waals surface area contributed by atoms with Crippen LogP contribution in [0.25, 0.3) is 21.7 Å². The summed E-state index contributed by atoms with van der Waals surface area (Å²) in [6.07, 6.45) is 1.07. The van der Waals surface area contributed by atoms with Gasteiger partial charge in [0.2, 0.25) is 10.0 Å². The van der Waals surface area contributed by atoms with Crippen LogP contribution in [0.1, 0.15) is 28.5 Å². The molecular weight excluding hydrogens is 431 g/mol. The molecule has 1 aromatic heterocycles. The van der Waals surface area contributed by atoms with Crippen molar-refractivity contribution in [2.75, 3.05) is 12.9 Å². The molecule has 1 heterocycles. The molecule has 0 atom stereocenters. The zero-order valence-electron chi connectivity index (χ0n) is 17.8. The van der Waals surface area contributed by atoms with Gasteiger partial charge in [-0.15, -0.1) is 0 Å². The number of rotatable bonds is 7. The van der Waals surface area contributed by atoms with E-state index < -0.39 is 16.0 Å². The topological polar surface area (TPSA) is 77.4 Å². The van der Waals surface area contributed by atoms with Crippen molar-refractivity contribution in [3.05, 3.63) is 83.3 Å². The molecule has 0 saturated heterocycles. The summed E-state index contributed by atoms with van der Waals surface area (Å²) < 4.78 is 47.1. The number of hydrogen-bond acceptors (Lipinski definition) is 4. The summed E-state index contributed by atoms with van der Waals surface area (Å²) >= 11 is 0. The van der Waals surface area contributed by atoms with Gasteiger partial charge in [0.05, 0.1) is 12.9 Å². The van der Waals surface area contributed by atoms with E-state index in [0.29, 0.717) is 5.56 Å². The molecule has 0 spiro atoms. The fourth-order valence-electron chi connectivity index (χ4n) is 3.97. The molecule has 32 heavy (non-hydrogen) atoms. The van der Waals surface area contributed by atoms with Crippen molar-refractivity contribution < 1.29 is 22.3 Å². The number of ether oxygens (including phenoxy) is 1. The molecule has 6 nitrogen and oxygen atoms in total. The van der Waals surface area contributed by atoms with Crippen LogP contribution < -0.4 is 4.72 Å². The largest absolute Gasteiger partial charge is 0.461 e. The molecule has 166 valence electrons. The highest BCUT2D eigenvalue weighted by molar-refractivity contribution is 7.88. The molecule has 4 aromatic rings. The third-order valence-corrected chi connectivity index (χ3v) is 5.99. The van der Waals surface area contributed by atoms with Crippen LogP contribution in [0.5, 0.6) is 0 Å². The van der Waals surface area contributed by atoms with Gasteiger partial charge in [-0.1, -0.05) is 42.5 Å². The maximum absolute atomic E-state index is 14.0. The molecule has 0 saturated carbocycles. The van der Waals surface area contributed by atoms with Gasteiger partial charge in [0.25, 0.3) is 0 Å². The number of benzene rings is 3. The number of carbonyl (C=O) groups is 1. The van der Waals surface area contributed by atoms with E-state index in [4.69, 9.17) is 4.74 Å². The van der Waals surface area contributed by atoms with Gasteiger partial charge in [0.1, 0.15) is 11.5 Å². The minimum absolute atomic E-state index is 0.0509. The van der Waals surface area contributed by atoms with Crippen molar-refractivity contribution in [3.63, 3.8) is 0 Å². The normalized spacial score (nSPS) is 11.8. The van der Waals surface area contributed by atoms with E-state index in [1.165, 1.54) is 12.1 Å². The maximum atomic E-state index is 14.0. The molecule has 4 rings (SSSR count). The van der Waals surface area contributed by atoms with Gasteiger partial charge >= 0.3 is 5.97 Å². The lowest BCUT2D eigenvalue weighted by atomic mass is 10.0. The second-order valence-corrected chi connectivity index (χ2v) is 9.36. The average molecular weight is 455 g/mol. The smallest absolute Gasteiger partial charge is 0.355 e. The Labute approximate surface area is 185 Å². The molecule has 0 fully saturated rings. The number of nitrogens with one attached hydrogen (secondary N) is 1. The third kappa shape index (κ3) is 4.37. The fraction of sp³-hybridized carbons (Fsp3) is 0.208. The standard InChI is InChI=1S/C24H23FN2O4S/c1-3-31-24(28)23-21(14-26-32(2,29)30)19-9-4-5-10-22(19)27(23)15-17-8-6-7-16-11-12-18(25)13-20(16)17/h4-13,26H,3,14-15H2,1-2H3. The first-order valence-corrected chi connectivity index (χ1v) is 12.1. The molecule has 0 radical (unpaired) electrons. The summed E-state index contributed by atoms with van der Waals surface area (Å²) in [5.41, 5.74) is 2.40. The van der Waals surface area contributed by atoms with Gasteiger partial charge in [-0.25, -0.2) is 22.3 Å². The second kappa shape index (κ2) is 8.72. The van der Waals surface area contributed by atoms with E-state index in [1.807, 2.05) is 47.0 Å². The molecule has 8 heteroatoms. The molecule has 0 aliphatic carbocycles. The van der Waals surface area contributed by atoms with Gasteiger partial charge in [-0.2, -0.15) is 0 Å². The number of esters is 1. The Kier molecular flexibility index (Phi) is 5.99. The lowest BCUT2D eigenvalue weighted by Crippen LogP contribution is -2.23. The van der Waals surface area contributed by atoms with Crippen molar-refractivity contribution >= 4 is 37.7 Å². The summed E-state index contributed by atoms with van der Waals surface area (Å²) in [5, 5.41) is 2.38. The van der Waals surface area contributed by atoms with E-state index in [9.17, 15) is 17.6 Å². The highest BCUT2D eigenvalue weighted by atomic mass is 32.2. The Morgan fingerprint density at radius 1 is 1.06 bits per heavy atom. The lowest BCUT2D eigenvalue weighted by Gasteiger charge is -2.14. The number of halogens is 1. The number of aromatic nitrogens is 1. The van der Waals surface area contributed by atoms with E-state index in [-0.39, 0.29) is 31.2 Å². The van der Waals surface area contributed by atoms with Crippen LogP contribution in [0.4, 0.5) is 4.39 Å². The Morgan fingerprint density at radius 2 is 1.84 bits per heavy atom. The quantitative estimate of drug-likeness (QED) is 0.425. The Balaban J connectivity index is 1.93. The number of nitrogens with zero attached hydrogens (tertiary/aromatic N) is 1. The van der Waals surface area contributed by atoms with Gasteiger partial charge in [0.15, 0.2) is 0 Å². The molecule has 0 aliphatic heterocycles. The summed E-state index contributed by atoms with van der Waals surface area (Å²) in [4.78, 5) is 13.0. The fourth-order valence-corrected chi connectivity index (χ4v) is 4.38. The number of carbonyl (C=O) groups excluding carboxylic acids is 1. The highest BCUT2D eigenvalue weighted by Crippen LogP contribution is 2.30. The monoisotopic (exact) mass is 454 g/mol. The highest BCUT2D eigenvalue weighted by Gasteiger charge is 2.24. The van der Waals surface area contributed by atoms with E-state index >= 15 is 0 Å². The zero-order chi connectivity index (χ0) is 22.9. The van der Waals surface area contributed by atoms with Crippen molar-refractivity contribution in [1.82, 2.24) is 9.29 Å². The van der Waals surface area contributed by atoms with Crippen LogP contribution >= 0.6 is 0 Å². The molecular formula is C24H23FN2O4S.